The Kier molecular flexibility index (Phi) is 6.27. The molecule has 0 unspecified atom stereocenters. The summed E-state index contributed by atoms with van der Waals surface area (Å²) < 4.78 is 1.03. The molecule has 1 rings (SSSR count). The van der Waals surface area contributed by atoms with Gasteiger partial charge in [0.15, 0.2) is 0 Å². The van der Waals surface area contributed by atoms with Crippen molar-refractivity contribution in [3.8, 4) is 0 Å². The summed E-state index contributed by atoms with van der Waals surface area (Å²) in [5.41, 5.74) is 1.35. The fraction of sp³-hybridized carbons (Fsp3) is 0.667. The van der Waals surface area contributed by atoms with Crippen LogP contribution >= 0.6 is 15.9 Å². The number of pyridine rings is 1. The zero-order valence-electron chi connectivity index (χ0n) is 12.8. The van der Waals surface area contributed by atoms with Crippen LogP contribution in [0.25, 0.3) is 0 Å². The fourth-order valence-electron chi connectivity index (χ4n) is 1.81. The summed E-state index contributed by atoms with van der Waals surface area (Å²) in [6, 6.07) is 2.16. The lowest BCUT2D eigenvalue weighted by molar-refractivity contribution is 0.424. The first-order chi connectivity index (χ1) is 8.83. The molecule has 0 radical (unpaired) electrons. The number of hydrogen-bond donors (Lipinski definition) is 1. The van der Waals surface area contributed by atoms with Gasteiger partial charge in [-0.05, 0) is 49.2 Å². The van der Waals surface area contributed by atoms with Crippen molar-refractivity contribution in [1.29, 1.82) is 0 Å². The third kappa shape index (κ3) is 5.91. The van der Waals surface area contributed by atoms with E-state index in [1.807, 2.05) is 6.20 Å². The van der Waals surface area contributed by atoms with Gasteiger partial charge < -0.3 is 10.2 Å². The lowest BCUT2D eigenvalue weighted by Crippen LogP contribution is -2.35. The number of anilines is 1. The lowest BCUT2D eigenvalue weighted by Gasteiger charge is -2.25. The summed E-state index contributed by atoms with van der Waals surface area (Å²) in [6.07, 6.45) is 4.27. The van der Waals surface area contributed by atoms with Crippen molar-refractivity contribution in [2.24, 2.45) is 0 Å². The number of hydrogen-bond acceptors (Lipinski definition) is 3. The van der Waals surface area contributed by atoms with Crippen LogP contribution in [0.5, 0.6) is 0 Å². The van der Waals surface area contributed by atoms with E-state index in [0.717, 1.165) is 23.4 Å². The first kappa shape index (κ1) is 16.4. The molecule has 0 aliphatic rings. The van der Waals surface area contributed by atoms with Gasteiger partial charge in [0.2, 0.25) is 0 Å². The normalized spacial score (nSPS) is 11.7. The Morgan fingerprint density at radius 1 is 1.37 bits per heavy atom. The van der Waals surface area contributed by atoms with Crippen molar-refractivity contribution in [3.63, 3.8) is 0 Å². The van der Waals surface area contributed by atoms with Crippen molar-refractivity contribution in [2.75, 3.05) is 18.5 Å². The van der Waals surface area contributed by atoms with Crippen LogP contribution in [0.4, 0.5) is 5.82 Å². The number of aromatic nitrogens is 1. The van der Waals surface area contributed by atoms with Gasteiger partial charge in [-0.3, -0.25) is 0 Å². The molecule has 0 aliphatic carbocycles. The second-order valence-electron chi connectivity index (χ2n) is 6.01. The van der Waals surface area contributed by atoms with Gasteiger partial charge in [0.25, 0.3) is 0 Å². The summed E-state index contributed by atoms with van der Waals surface area (Å²) in [5, 5.41) is 3.53. The summed E-state index contributed by atoms with van der Waals surface area (Å²) in [4.78, 5) is 6.82. The van der Waals surface area contributed by atoms with Gasteiger partial charge in [-0.15, -0.1) is 0 Å². The van der Waals surface area contributed by atoms with Gasteiger partial charge in [-0.2, -0.15) is 0 Å². The molecule has 0 saturated carbocycles. The van der Waals surface area contributed by atoms with Crippen LogP contribution in [0.15, 0.2) is 16.7 Å². The minimum Gasteiger partial charge on any atom is -0.359 e. The molecule has 19 heavy (non-hydrogen) atoms. The summed E-state index contributed by atoms with van der Waals surface area (Å²) in [7, 11) is 2.12. The summed E-state index contributed by atoms with van der Waals surface area (Å²) >= 11 is 3.51. The maximum absolute atomic E-state index is 4.57. The zero-order valence-corrected chi connectivity index (χ0v) is 14.3. The maximum Gasteiger partial charge on any atom is 0.132 e. The van der Waals surface area contributed by atoms with E-state index in [1.165, 1.54) is 18.4 Å². The monoisotopic (exact) mass is 327 g/mol. The van der Waals surface area contributed by atoms with Crippen LogP contribution in [-0.2, 0) is 6.54 Å². The molecule has 1 N–H and O–H groups in total. The molecule has 0 aromatic carbocycles. The molecule has 1 aromatic rings. The zero-order chi connectivity index (χ0) is 14.5. The molecule has 1 heterocycles. The minimum absolute atomic E-state index is 0.113. The van der Waals surface area contributed by atoms with Crippen LogP contribution in [0, 0.1) is 0 Å². The van der Waals surface area contributed by atoms with Crippen LogP contribution in [0.3, 0.4) is 0 Å². The standard InChI is InChI=1S/C15H26BrN3/c1-6-7-8-19(5)14-12(9-13(16)11-17-14)10-18-15(2,3)4/h9,11,18H,6-8,10H2,1-5H3. The van der Waals surface area contributed by atoms with Crippen LogP contribution < -0.4 is 10.2 Å². The van der Waals surface area contributed by atoms with Gasteiger partial charge in [0.1, 0.15) is 5.82 Å². The van der Waals surface area contributed by atoms with Crippen molar-refractivity contribution >= 4 is 21.7 Å². The van der Waals surface area contributed by atoms with Gasteiger partial charge in [-0.25, -0.2) is 4.98 Å². The Labute approximate surface area is 125 Å². The van der Waals surface area contributed by atoms with E-state index in [1.54, 1.807) is 0 Å². The molecule has 0 fully saturated rings. The van der Waals surface area contributed by atoms with E-state index >= 15 is 0 Å². The Morgan fingerprint density at radius 2 is 2.05 bits per heavy atom. The lowest BCUT2D eigenvalue weighted by atomic mass is 10.1. The number of unbranched alkanes of at least 4 members (excludes halogenated alkanes) is 1. The Balaban J connectivity index is 2.85. The fourth-order valence-corrected chi connectivity index (χ4v) is 2.19. The average molecular weight is 328 g/mol. The van der Waals surface area contributed by atoms with E-state index in [4.69, 9.17) is 0 Å². The van der Waals surface area contributed by atoms with E-state index in [9.17, 15) is 0 Å². The molecule has 4 heteroatoms. The quantitative estimate of drug-likeness (QED) is 0.856. The Morgan fingerprint density at radius 3 is 2.63 bits per heavy atom. The smallest absolute Gasteiger partial charge is 0.132 e. The van der Waals surface area contributed by atoms with E-state index < -0.39 is 0 Å². The van der Waals surface area contributed by atoms with Crippen molar-refractivity contribution in [3.05, 3.63) is 22.3 Å². The molecule has 0 amide bonds. The van der Waals surface area contributed by atoms with Gasteiger partial charge in [0, 0.05) is 41.9 Å². The van der Waals surface area contributed by atoms with Crippen LogP contribution in [0.2, 0.25) is 0 Å². The molecule has 3 nitrogen and oxygen atoms in total. The highest BCUT2D eigenvalue weighted by Crippen LogP contribution is 2.21. The van der Waals surface area contributed by atoms with E-state index in [2.05, 4.69) is 71.9 Å². The first-order valence-corrected chi connectivity index (χ1v) is 7.73. The predicted octanol–water partition coefficient (Wildman–Crippen LogP) is 3.97. The summed E-state index contributed by atoms with van der Waals surface area (Å²) in [5.74, 6) is 1.08. The number of nitrogens with one attached hydrogen (secondary N) is 1. The molecule has 1 aromatic heterocycles. The van der Waals surface area contributed by atoms with Gasteiger partial charge in [0.05, 0.1) is 0 Å². The van der Waals surface area contributed by atoms with Gasteiger partial charge in [-0.1, -0.05) is 13.3 Å². The molecule has 0 bridgehead atoms. The third-order valence-corrected chi connectivity index (χ3v) is 3.36. The largest absolute Gasteiger partial charge is 0.359 e. The number of nitrogens with zero attached hydrogens (tertiary/aromatic N) is 2. The molecule has 0 saturated heterocycles. The topological polar surface area (TPSA) is 28.2 Å². The molecular weight excluding hydrogens is 302 g/mol. The second-order valence-corrected chi connectivity index (χ2v) is 6.93. The molecule has 0 atom stereocenters. The second kappa shape index (κ2) is 7.25. The maximum atomic E-state index is 4.57. The molecule has 0 spiro atoms. The summed E-state index contributed by atoms with van der Waals surface area (Å²) in [6.45, 7) is 10.6. The highest BCUT2D eigenvalue weighted by atomic mass is 79.9. The molecule has 0 aliphatic heterocycles. The highest BCUT2D eigenvalue weighted by molar-refractivity contribution is 9.10. The Hall–Kier alpha value is -0.610. The van der Waals surface area contributed by atoms with Crippen molar-refractivity contribution in [1.82, 2.24) is 10.3 Å². The Bertz CT molecular complexity index is 399. The highest BCUT2D eigenvalue weighted by Gasteiger charge is 2.13. The van der Waals surface area contributed by atoms with E-state index in [0.29, 0.717) is 0 Å². The number of halogens is 1. The SMILES string of the molecule is CCCCN(C)c1ncc(Br)cc1CNC(C)(C)C. The van der Waals surface area contributed by atoms with Crippen LogP contribution in [-0.4, -0.2) is 24.1 Å². The van der Waals surface area contributed by atoms with Crippen LogP contribution in [0.1, 0.15) is 46.1 Å². The average Bonchev–Trinajstić information content (AvgIpc) is 2.32. The van der Waals surface area contributed by atoms with E-state index in [-0.39, 0.29) is 5.54 Å². The first-order valence-electron chi connectivity index (χ1n) is 6.94. The van der Waals surface area contributed by atoms with Crippen molar-refractivity contribution in [2.45, 2.75) is 52.6 Å². The van der Waals surface area contributed by atoms with Crippen molar-refractivity contribution < 1.29 is 0 Å². The number of rotatable bonds is 6. The predicted molar refractivity (Wildman–Crippen MR) is 86.7 cm³/mol. The molecule has 108 valence electrons. The third-order valence-electron chi connectivity index (χ3n) is 2.93. The van der Waals surface area contributed by atoms with Gasteiger partial charge >= 0.3 is 0 Å². The minimum atomic E-state index is 0.113. The molecular formula is C15H26BrN3.